The summed E-state index contributed by atoms with van der Waals surface area (Å²) in [6.45, 7) is 8.17. The molecule has 3 nitrogen and oxygen atoms in total. The molecular weight excluding hydrogens is 322 g/mol. The Kier molecular flexibility index (Phi) is 6.27. The summed E-state index contributed by atoms with van der Waals surface area (Å²) in [6.07, 6.45) is 2.77. The molecule has 2 aromatic carbocycles. The molecule has 0 radical (unpaired) electrons. The molecule has 0 bridgehead atoms. The number of ether oxygens (including phenoxy) is 2. The van der Waals surface area contributed by atoms with Crippen molar-refractivity contribution in [3.8, 4) is 11.5 Å². The fourth-order valence-electron chi connectivity index (χ4n) is 2.22. The largest absolute Gasteiger partial charge is 0.493 e. The molecule has 0 spiro atoms. The Morgan fingerprint density at radius 1 is 1.21 bits per heavy atom. The number of nitrogens with zero attached hydrogens (tertiary/aromatic N) is 1. The van der Waals surface area contributed by atoms with E-state index in [1.54, 1.807) is 13.3 Å². The third-order valence-electron chi connectivity index (χ3n) is 3.86. The van der Waals surface area contributed by atoms with Gasteiger partial charge in [-0.2, -0.15) is 0 Å². The van der Waals surface area contributed by atoms with Crippen LogP contribution in [0.4, 0.5) is 5.69 Å². The van der Waals surface area contributed by atoms with Gasteiger partial charge in [-0.1, -0.05) is 30.7 Å². The van der Waals surface area contributed by atoms with Crippen LogP contribution in [-0.2, 0) is 0 Å². The molecule has 0 N–H and O–H groups in total. The van der Waals surface area contributed by atoms with E-state index in [0.29, 0.717) is 16.5 Å². The molecule has 0 unspecified atom stereocenters. The minimum atomic E-state index is 0.0749. The van der Waals surface area contributed by atoms with E-state index in [2.05, 4.69) is 37.0 Å². The molecule has 0 aromatic heterocycles. The summed E-state index contributed by atoms with van der Waals surface area (Å²) in [4.78, 5) is 4.58. The highest BCUT2D eigenvalue weighted by Crippen LogP contribution is 2.37. The normalized spacial score (nSPS) is 12.4. The highest BCUT2D eigenvalue weighted by atomic mass is 35.5. The Hall–Kier alpha value is -2.00. The van der Waals surface area contributed by atoms with E-state index in [1.165, 1.54) is 5.56 Å². The van der Waals surface area contributed by atoms with Crippen LogP contribution in [0.3, 0.4) is 0 Å². The Balaban J connectivity index is 2.33. The Morgan fingerprint density at radius 3 is 2.62 bits per heavy atom. The van der Waals surface area contributed by atoms with E-state index in [-0.39, 0.29) is 6.10 Å². The lowest BCUT2D eigenvalue weighted by molar-refractivity contribution is 0.208. The fourth-order valence-corrected chi connectivity index (χ4v) is 2.48. The summed E-state index contributed by atoms with van der Waals surface area (Å²) >= 11 is 6.39. The first-order valence-electron chi connectivity index (χ1n) is 8.10. The van der Waals surface area contributed by atoms with Crippen molar-refractivity contribution < 1.29 is 9.47 Å². The first-order chi connectivity index (χ1) is 11.4. The van der Waals surface area contributed by atoms with E-state index < -0.39 is 0 Å². The van der Waals surface area contributed by atoms with Gasteiger partial charge in [0, 0.05) is 6.21 Å². The Labute approximate surface area is 149 Å². The molecule has 0 saturated carbocycles. The second kappa shape index (κ2) is 8.20. The molecular formula is C20H24ClNO2. The number of methoxy groups -OCH3 is 1. The van der Waals surface area contributed by atoms with Crippen LogP contribution in [0.1, 0.15) is 37.0 Å². The van der Waals surface area contributed by atoms with Crippen molar-refractivity contribution in [2.45, 2.75) is 40.2 Å². The molecule has 0 fully saturated rings. The molecule has 128 valence electrons. The van der Waals surface area contributed by atoms with Crippen LogP contribution in [0.25, 0.3) is 0 Å². The number of hydrogen-bond acceptors (Lipinski definition) is 3. The fraction of sp³-hybridized carbons (Fsp3) is 0.350. The Bertz CT molecular complexity index is 741. The maximum atomic E-state index is 6.39. The van der Waals surface area contributed by atoms with E-state index >= 15 is 0 Å². The van der Waals surface area contributed by atoms with Gasteiger partial charge in [0.1, 0.15) is 0 Å². The monoisotopic (exact) mass is 345 g/mol. The maximum absolute atomic E-state index is 6.39. The molecule has 0 aliphatic rings. The number of aryl methyl sites for hydroxylation is 2. The van der Waals surface area contributed by atoms with Crippen molar-refractivity contribution in [3.05, 3.63) is 52.0 Å². The van der Waals surface area contributed by atoms with Gasteiger partial charge in [-0.3, -0.25) is 4.99 Å². The number of halogens is 1. The van der Waals surface area contributed by atoms with E-state index in [9.17, 15) is 0 Å². The summed E-state index contributed by atoms with van der Waals surface area (Å²) in [6, 6.07) is 9.94. The molecule has 2 rings (SSSR count). The van der Waals surface area contributed by atoms with Crippen LogP contribution in [-0.4, -0.2) is 19.4 Å². The highest BCUT2D eigenvalue weighted by Gasteiger charge is 2.14. The van der Waals surface area contributed by atoms with Crippen LogP contribution in [0.2, 0.25) is 5.02 Å². The van der Waals surface area contributed by atoms with Crippen molar-refractivity contribution >= 4 is 23.5 Å². The van der Waals surface area contributed by atoms with Crippen LogP contribution >= 0.6 is 11.6 Å². The molecule has 0 aliphatic carbocycles. The van der Waals surface area contributed by atoms with Gasteiger partial charge in [0.25, 0.3) is 0 Å². The van der Waals surface area contributed by atoms with Crippen molar-refractivity contribution in [2.75, 3.05) is 7.11 Å². The van der Waals surface area contributed by atoms with E-state index in [0.717, 1.165) is 23.2 Å². The van der Waals surface area contributed by atoms with Crippen LogP contribution in [0.5, 0.6) is 11.5 Å². The third kappa shape index (κ3) is 4.51. The van der Waals surface area contributed by atoms with Gasteiger partial charge >= 0.3 is 0 Å². The lowest BCUT2D eigenvalue weighted by atomic mass is 10.1. The zero-order valence-electron chi connectivity index (χ0n) is 14.9. The van der Waals surface area contributed by atoms with Crippen LogP contribution < -0.4 is 9.47 Å². The minimum absolute atomic E-state index is 0.0749. The topological polar surface area (TPSA) is 30.8 Å². The van der Waals surface area contributed by atoms with E-state index in [4.69, 9.17) is 21.1 Å². The predicted molar refractivity (Wildman–Crippen MR) is 102 cm³/mol. The molecule has 1 atom stereocenters. The second-order valence-electron chi connectivity index (χ2n) is 5.92. The third-order valence-corrected chi connectivity index (χ3v) is 4.14. The zero-order chi connectivity index (χ0) is 17.7. The quantitative estimate of drug-likeness (QED) is 0.611. The average molecular weight is 346 g/mol. The predicted octanol–water partition coefficient (Wildman–Crippen LogP) is 5.89. The first-order valence-corrected chi connectivity index (χ1v) is 8.48. The minimum Gasteiger partial charge on any atom is -0.493 e. The summed E-state index contributed by atoms with van der Waals surface area (Å²) in [5.74, 6) is 1.20. The average Bonchev–Trinajstić information content (AvgIpc) is 2.57. The summed E-state index contributed by atoms with van der Waals surface area (Å²) < 4.78 is 11.3. The Morgan fingerprint density at radius 2 is 1.96 bits per heavy atom. The summed E-state index contributed by atoms with van der Waals surface area (Å²) in [7, 11) is 1.61. The van der Waals surface area contributed by atoms with Gasteiger partial charge < -0.3 is 9.47 Å². The standard InChI is InChI=1S/C20H24ClNO2/c1-6-15(4)24-20-17(21)10-16(11-19(20)23-5)12-22-18-9-13(2)7-8-14(18)3/h7-12,15H,6H2,1-5H3/t15-/m0/s1. The van der Waals surface area contributed by atoms with Crippen LogP contribution in [0.15, 0.2) is 35.3 Å². The second-order valence-corrected chi connectivity index (χ2v) is 6.33. The summed E-state index contributed by atoms with van der Waals surface area (Å²) in [5, 5.41) is 0.525. The SMILES string of the molecule is CC[C@H](C)Oc1c(Cl)cc(C=Nc2cc(C)ccc2C)cc1OC. The van der Waals surface area contributed by atoms with Gasteiger partial charge in [0.05, 0.1) is 23.9 Å². The van der Waals surface area contributed by atoms with Gasteiger partial charge in [0.15, 0.2) is 11.5 Å². The molecule has 24 heavy (non-hydrogen) atoms. The van der Waals surface area contributed by atoms with Crippen LogP contribution in [0, 0.1) is 13.8 Å². The molecule has 0 amide bonds. The maximum Gasteiger partial charge on any atom is 0.180 e. The van der Waals surface area contributed by atoms with Crippen molar-refractivity contribution in [1.82, 2.24) is 0 Å². The zero-order valence-corrected chi connectivity index (χ0v) is 15.6. The van der Waals surface area contributed by atoms with Crippen molar-refractivity contribution in [1.29, 1.82) is 0 Å². The van der Waals surface area contributed by atoms with Gasteiger partial charge in [-0.25, -0.2) is 0 Å². The number of aliphatic imine (C=N–C) groups is 1. The molecule has 2 aromatic rings. The number of benzene rings is 2. The van der Waals surface area contributed by atoms with E-state index in [1.807, 2.05) is 26.0 Å². The smallest absolute Gasteiger partial charge is 0.180 e. The van der Waals surface area contributed by atoms with Gasteiger partial charge in [0.2, 0.25) is 0 Å². The number of rotatable bonds is 6. The lowest BCUT2D eigenvalue weighted by Crippen LogP contribution is -2.11. The molecule has 0 saturated heterocycles. The van der Waals surface area contributed by atoms with Crippen molar-refractivity contribution in [2.24, 2.45) is 4.99 Å². The summed E-state index contributed by atoms with van der Waals surface area (Å²) in [5.41, 5.74) is 4.13. The highest BCUT2D eigenvalue weighted by molar-refractivity contribution is 6.32. The molecule has 0 aliphatic heterocycles. The van der Waals surface area contributed by atoms with Gasteiger partial charge in [-0.05, 0) is 62.1 Å². The lowest BCUT2D eigenvalue weighted by Gasteiger charge is -2.17. The number of hydrogen-bond donors (Lipinski definition) is 0. The molecule has 4 heteroatoms. The van der Waals surface area contributed by atoms with Gasteiger partial charge in [-0.15, -0.1) is 0 Å². The molecule has 0 heterocycles. The first kappa shape index (κ1) is 18.3. The van der Waals surface area contributed by atoms with Crippen molar-refractivity contribution in [3.63, 3.8) is 0 Å².